The third kappa shape index (κ3) is 3.82. The minimum Gasteiger partial charge on any atom is -0.335 e. The summed E-state index contributed by atoms with van der Waals surface area (Å²) in [4.78, 5) is 14.8. The number of hydrogen-bond acceptors (Lipinski definition) is 1. The molecule has 0 radical (unpaired) electrons. The third-order valence-electron chi connectivity index (χ3n) is 3.80. The summed E-state index contributed by atoms with van der Waals surface area (Å²) < 4.78 is 0. The van der Waals surface area contributed by atoms with Gasteiger partial charge in [0.2, 0.25) is 0 Å². The molecule has 0 aliphatic carbocycles. The zero-order chi connectivity index (χ0) is 14.4. The van der Waals surface area contributed by atoms with Gasteiger partial charge in [-0.05, 0) is 43.9 Å². The van der Waals surface area contributed by atoms with E-state index < -0.39 is 0 Å². The SMILES string of the molecule is CCC(CC)N(CCBr)C(=O)c1cccc(C)c1C. The average molecular weight is 326 g/mol. The van der Waals surface area contributed by atoms with E-state index in [1.807, 2.05) is 24.0 Å². The van der Waals surface area contributed by atoms with Crippen molar-refractivity contribution < 1.29 is 4.79 Å². The fourth-order valence-corrected chi connectivity index (χ4v) is 2.79. The zero-order valence-corrected chi connectivity index (χ0v) is 14.0. The van der Waals surface area contributed by atoms with Gasteiger partial charge in [-0.1, -0.05) is 41.9 Å². The number of carbonyl (C=O) groups is 1. The highest BCUT2D eigenvalue weighted by atomic mass is 79.9. The fourth-order valence-electron chi connectivity index (χ4n) is 2.41. The van der Waals surface area contributed by atoms with Gasteiger partial charge >= 0.3 is 0 Å². The first kappa shape index (κ1) is 16.2. The summed E-state index contributed by atoms with van der Waals surface area (Å²) in [5.74, 6) is 0.161. The first-order valence-electron chi connectivity index (χ1n) is 6.99. The van der Waals surface area contributed by atoms with Gasteiger partial charge in [-0.15, -0.1) is 0 Å². The summed E-state index contributed by atoms with van der Waals surface area (Å²) >= 11 is 3.46. The molecule has 0 aliphatic heterocycles. The molecule has 0 unspecified atom stereocenters. The van der Waals surface area contributed by atoms with Crippen LogP contribution in [0.5, 0.6) is 0 Å². The average Bonchev–Trinajstić information content (AvgIpc) is 2.41. The number of benzene rings is 1. The second-order valence-corrected chi connectivity index (χ2v) is 5.70. The number of alkyl halides is 1. The second kappa shape index (κ2) is 7.68. The Kier molecular flexibility index (Phi) is 6.56. The van der Waals surface area contributed by atoms with Crippen molar-refractivity contribution in [2.45, 2.75) is 46.6 Å². The van der Waals surface area contributed by atoms with Crippen LogP contribution in [0.3, 0.4) is 0 Å². The van der Waals surface area contributed by atoms with E-state index in [1.165, 1.54) is 5.56 Å². The number of hydrogen-bond donors (Lipinski definition) is 0. The number of carbonyl (C=O) groups excluding carboxylic acids is 1. The van der Waals surface area contributed by atoms with Gasteiger partial charge in [0.15, 0.2) is 0 Å². The highest BCUT2D eigenvalue weighted by Gasteiger charge is 2.23. The standard InChI is InChI=1S/C16H24BrNO/c1-5-14(6-2)18(11-10-17)16(19)15-9-7-8-12(3)13(15)4/h7-9,14H,5-6,10-11H2,1-4H3. The van der Waals surface area contributed by atoms with Gasteiger partial charge in [0.1, 0.15) is 0 Å². The van der Waals surface area contributed by atoms with Crippen molar-refractivity contribution in [1.29, 1.82) is 0 Å². The van der Waals surface area contributed by atoms with Crippen molar-refractivity contribution in [3.8, 4) is 0 Å². The van der Waals surface area contributed by atoms with Crippen molar-refractivity contribution in [3.63, 3.8) is 0 Å². The summed E-state index contributed by atoms with van der Waals surface area (Å²) in [5, 5.41) is 0.820. The molecule has 2 nitrogen and oxygen atoms in total. The van der Waals surface area contributed by atoms with E-state index in [9.17, 15) is 4.79 Å². The summed E-state index contributed by atoms with van der Waals surface area (Å²) in [6, 6.07) is 6.28. The van der Waals surface area contributed by atoms with Crippen molar-refractivity contribution in [1.82, 2.24) is 4.90 Å². The molecule has 1 aromatic carbocycles. The topological polar surface area (TPSA) is 20.3 Å². The molecule has 0 aromatic heterocycles. The van der Waals surface area contributed by atoms with Crippen LogP contribution in [0.25, 0.3) is 0 Å². The van der Waals surface area contributed by atoms with Crippen LogP contribution in [0.15, 0.2) is 18.2 Å². The Morgan fingerprint density at radius 3 is 2.42 bits per heavy atom. The Hall–Kier alpha value is -0.830. The van der Waals surface area contributed by atoms with Gasteiger partial charge in [-0.2, -0.15) is 0 Å². The minimum absolute atomic E-state index is 0.161. The largest absolute Gasteiger partial charge is 0.335 e. The molecule has 1 amide bonds. The Balaban J connectivity index is 3.08. The predicted molar refractivity (Wildman–Crippen MR) is 85.1 cm³/mol. The molecule has 0 saturated carbocycles. The molecule has 0 bridgehead atoms. The van der Waals surface area contributed by atoms with E-state index >= 15 is 0 Å². The van der Waals surface area contributed by atoms with Crippen LogP contribution in [0, 0.1) is 13.8 Å². The third-order valence-corrected chi connectivity index (χ3v) is 4.16. The van der Waals surface area contributed by atoms with Crippen LogP contribution in [-0.4, -0.2) is 28.7 Å². The van der Waals surface area contributed by atoms with Crippen molar-refractivity contribution >= 4 is 21.8 Å². The molecule has 0 N–H and O–H groups in total. The van der Waals surface area contributed by atoms with Crippen molar-refractivity contribution in [3.05, 3.63) is 34.9 Å². The van der Waals surface area contributed by atoms with Crippen LogP contribution < -0.4 is 0 Å². The van der Waals surface area contributed by atoms with Crippen molar-refractivity contribution in [2.24, 2.45) is 0 Å². The fraction of sp³-hybridized carbons (Fsp3) is 0.562. The summed E-state index contributed by atoms with van der Waals surface area (Å²) in [7, 11) is 0. The van der Waals surface area contributed by atoms with Gasteiger partial charge in [0.05, 0.1) is 0 Å². The van der Waals surface area contributed by atoms with Gasteiger partial charge in [0.25, 0.3) is 5.91 Å². The maximum Gasteiger partial charge on any atom is 0.254 e. The molecule has 0 heterocycles. The van der Waals surface area contributed by atoms with Crippen LogP contribution in [0.4, 0.5) is 0 Å². The van der Waals surface area contributed by atoms with E-state index in [1.54, 1.807) is 0 Å². The number of aryl methyl sites for hydroxylation is 1. The Morgan fingerprint density at radius 2 is 1.89 bits per heavy atom. The predicted octanol–water partition coefficient (Wildman–Crippen LogP) is 4.33. The lowest BCUT2D eigenvalue weighted by atomic mass is 10.0. The van der Waals surface area contributed by atoms with E-state index in [0.717, 1.165) is 35.8 Å². The lowest BCUT2D eigenvalue weighted by Gasteiger charge is -2.30. The monoisotopic (exact) mass is 325 g/mol. The minimum atomic E-state index is 0.161. The maximum atomic E-state index is 12.8. The molecule has 0 fully saturated rings. The first-order valence-corrected chi connectivity index (χ1v) is 8.12. The Morgan fingerprint density at radius 1 is 1.26 bits per heavy atom. The van der Waals surface area contributed by atoms with Gasteiger partial charge in [-0.25, -0.2) is 0 Å². The first-order chi connectivity index (χ1) is 9.06. The normalized spacial score (nSPS) is 10.8. The van der Waals surface area contributed by atoms with Crippen molar-refractivity contribution in [2.75, 3.05) is 11.9 Å². The van der Waals surface area contributed by atoms with E-state index in [0.29, 0.717) is 6.04 Å². The summed E-state index contributed by atoms with van der Waals surface area (Å²) in [5.41, 5.74) is 3.11. The van der Waals surface area contributed by atoms with Gasteiger partial charge < -0.3 is 4.90 Å². The quantitative estimate of drug-likeness (QED) is 0.713. The van der Waals surface area contributed by atoms with Crippen LogP contribution in [0.2, 0.25) is 0 Å². The van der Waals surface area contributed by atoms with Gasteiger partial charge in [-0.3, -0.25) is 4.79 Å². The highest BCUT2D eigenvalue weighted by Crippen LogP contribution is 2.18. The molecule has 19 heavy (non-hydrogen) atoms. The molecule has 106 valence electrons. The zero-order valence-electron chi connectivity index (χ0n) is 12.4. The van der Waals surface area contributed by atoms with Gasteiger partial charge in [0, 0.05) is 23.5 Å². The lowest BCUT2D eigenvalue weighted by Crippen LogP contribution is -2.41. The molecule has 0 saturated heterocycles. The smallest absolute Gasteiger partial charge is 0.254 e. The Bertz CT molecular complexity index is 427. The summed E-state index contributed by atoms with van der Waals surface area (Å²) in [6.45, 7) is 9.13. The number of rotatable bonds is 6. The molecule has 3 heteroatoms. The Labute approximate surface area is 125 Å². The number of nitrogens with zero attached hydrogens (tertiary/aromatic N) is 1. The highest BCUT2D eigenvalue weighted by molar-refractivity contribution is 9.09. The van der Waals surface area contributed by atoms with E-state index in [4.69, 9.17) is 0 Å². The number of amides is 1. The molecule has 0 spiro atoms. The van der Waals surface area contributed by atoms with E-state index in [2.05, 4.69) is 42.8 Å². The van der Waals surface area contributed by atoms with Crippen LogP contribution in [0.1, 0.15) is 48.2 Å². The number of halogens is 1. The maximum absolute atomic E-state index is 12.8. The molecular weight excluding hydrogens is 302 g/mol. The summed E-state index contributed by atoms with van der Waals surface area (Å²) in [6.07, 6.45) is 2.00. The molecule has 1 aromatic rings. The van der Waals surface area contributed by atoms with Crippen LogP contribution >= 0.6 is 15.9 Å². The van der Waals surface area contributed by atoms with E-state index in [-0.39, 0.29) is 5.91 Å². The lowest BCUT2D eigenvalue weighted by molar-refractivity contribution is 0.0682. The molecule has 1 rings (SSSR count). The van der Waals surface area contributed by atoms with Crippen LogP contribution in [-0.2, 0) is 0 Å². The molecule has 0 atom stereocenters. The molecular formula is C16H24BrNO. The second-order valence-electron chi connectivity index (χ2n) is 4.91. The molecule has 0 aliphatic rings.